The van der Waals surface area contributed by atoms with Gasteiger partial charge in [-0.3, -0.25) is 33.6 Å². The molecule has 356 valence electrons. The maximum atomic E-state index is 14.7. The number of carbonyl (C=O) groups is 8. The molecule has 2 aliphatic heterocycles. The van der Waals surface area contributed by atoms with E-state index in [0.29, 0.717) is 17.5 Å². The Kier molecular flexibility index (Phi) is 18.2. The Balaban J connectivity index is 1.84. The lowest BCUT2D eigenvalue weighted by atomic mass is 9.94. The van der Waals surface area contributed by atoms with E-state index in [1.807, 2.05) is 0 Å². The van der Waals surface area contributed by atoms with E-state index < -0.39 is 114 Å². The minimum atomic E-state index is -1.81. The van der Waals surface area contributed by atoms with Crippen LogP contribution in [0.15, 0.2) is 48.5 Å². The number of aliphatic hydroxyl groups is 2. The van der Waals surface area contributed by atoms with Gasteiger partial charge in [-0.25, -0.2) is 4.79 Å². The number of primary amides is 1. The lowest BCUT2D eigenvalue weighted by molar-refractivity contribution is -0.166. The number of hydrogen-bond acceptors (Lipinski definition) is 13. The zero-order valence-electron chi connectivity index (χ0n) is 37.6. The van der Waals surface area contributed by atoms with Crippen LogP contribution >= 0.6 is 0 Å². The van der Waals surface area contributed by atoms with Gasteiger partial charge in [-0.05, 0) is 79.8 Å². The summed E-state index contributed by atoms with van der Waals surface area (Å²) in [6, 6.07) is 2.67. The smallest absolute Gasteiger partial charge is 0.329 e. The number of rotatable bonds is 13. The number of piperidine rings is 1. The number of amides is 7. The SMILES string of the molecule is CCC(C)C1NC(=O)[C@H](Cc2ccc(O)cc2)N(C)C(=O)C(CC(C)C)N2C(=O)[C@H](CC[C@H]2O)NC(=O)C(CCC(N)=O)NC(=O)C(NC(=O)[C@@H](O)Cc2ccc(O)cc2)C(C)OC1=O. The fraction of sp³-hybridized carbons (Fsp3) is 0.556. The Labute approximate surface area is 377 Å². The quantitative estimate of drug-likeness (QED) is 0.116. The molecule has 10 N–H and O–H groups in total. The molecule has 0 spiro atoms. The highest BCUT2D eigenvalue weighted by Crippen LogP contribution is 2.27. The number of aromatic hydroxyl groups is 2. The normalized spacial score (nSPS) is 26.1. The predicted molar refractivity (Wildman–Crippen MR) is 233 cm³/mol. The number of nitrogens with two attached hydrogens (primary N) is 1. The molecule has 20 heteroatoms. The van der Waals surface area contributed by atoms with E-state index >= 15 is 0 Å². The first-order chi connectivity index (χ1) is 30.6. The van der Waals surface area contributed by atoms with Crippen molar-refractivity contribution in [2.75, 3.05) is 7.05 Å². The van der Waals surface area contributed by atoms with Gasteiger partial charge in [0.05, 0.1) is 0 Å². The maximum absolute atomic E-state index is 14.7. The lowest BCUT2D eigenvalue weighted by Gasteiger charge is -2.43. The Morgan fingerprint density at radius 2 is 1.45 bits per heavy atom. The van der Waals surface area contributed by atoms with Crippen molar-refractivity contribution in [3.63, 3.8) is 0 Å². The summed E-state index contributed by atoms with van der Waals surface area (Å²) in [6.07, 6.45) is -5.86. The molecule has 2 aromatic rings. The van der Waals surface area contributed by atoms with Crippen molar-refractivity contribution < 1.29 is 63.5 Å². The maximum Gasteiger partial charge on any atom is 0.329 e. The van der Waals surface area contributed by atoms with Crippen molar-refractivity contribution in [1.82, 2.24) is 31.1 Å². The summed E-state index contributed by atoms with van der Waals surface area (Å²) >= 11 is 0. The number of carbonyl (C=O) groups excluding carboxylic acids is 8. The minimum Gasteiger partial charge on any atom is -0.508 e. The number of phenols is 2. The molecule has 65 heavy (non-hydrogen) atoms. The Hall–Kier alpha value is -6.28. The summed E-state index contributed by atoms with van der Waals surface area (Å²) in [7, 11) is 1.35. The molecule has 6 unspecified atom stereocenters. The lowest BCUT2D eigenvalue weighted by Crippen LogP contribution is -2.65. The van der Waals surface area contributed by atoms with Gasteiger partial charge in [0.2, 0.25) is 41.4 Å². The molecule has 20 nitrogen and oxygen atoms in total. The Bertz CT molecular complexity index is 2030. The van der Waals surface area contributed by atoms with Crippen molar-refractivity contribution >= 4 is 47.3 Å². The molecule has 4 rings (SSSR count). The van der Waals surface area contributed by atoms with Gasteiger partial charge in [-0.2, -0.15) is 0 Å². The number of ether oxygens (including phenoxy) is 1. The van der Waals surface area contributed by atoms with Crippen molar-refractivity contribution in [1.29, 1.82) is 0 Å². The molecule has 2 aromatic carbocycles. The van der Waals surface area contributed by atoms with Gasteiger partial charge in [0, 0.05) is 26.3 Å². The largest absolute Gasteiger partial charge is 0.508 e. The number of esters is 1. The molecule has 2 bridgehead atoms. The minimum absolute atomic E-state index is 0.0218. The molecular weight excluding hydrogens is 847 g/mol. The zero-order chi connectivity index (χ0) is 48.3. The molecule has 0 saturated carbocycles. The number of likely N-dealkylation sites (N-methyl/N-ethyl adjacent to an activating group) is 1. The van der Waals surface area contributed by atoms with Crippen molar-refractivity contribution in [2.24, 2.45) is 17.6 Å². The number of phenolic OH excluding ortho intramolecular Hbond substituents is 2. The van der Waals surface area contributed by atoms with Crippen molar-refractivity contribution in [3.05, 3.63) is 59.7 Å². The molecule has 2 saturated heterocycles. The number of cyclic esters (lactones) is 1. The van der Waals surface area contributed by atoms with Crippen LogP contribution in [0.3, 0.4) is 0 Å². The van der Waals surface area contributed by atoms with Gasteiger partial charge in [-0.15, -0.1) is 0 Å². The van der Waals surface area contributed by atoms with Gasteiger partial charge in [0.25, 0.3) is 0 Å². The molecule has 0 radical (unpaired) electrons. The molecule has 0 aliphatic carbocycles. The van der Waals surface area contributed by atoms with Crippen molar-refractivity contribution in [2.45, 2.75) is 141 Å². The summed E-state index contributed by atoms with van der Waals surface area (Å²) in [5.41, 5.74) is 6.37. The third-order valence-electron chi connectivity index (χ3n) is 11.8. The van der Waals surface area contributed by atoms with E-state index in [9.17, 15) is 58.8 Å². The van der Waals surface area contributed by atoms with E-state index in [2.05, 4.69) is 21.3 Å². The van der Waals surface area contributed by atoms with Crippen LogP contribution in [0, 0.1) is 11.8 Å². The van der Waals surface area contributed by atoms with Gasteiger partial charge in [-0.1, -0.05) is 58.4 Å². The number of benzene rings is 2. The van der Waals surface area contributed by atoms with Crippen LogP contribution in [0.1, 0.15) is 84.3 Å². The Morgan fingerprint density at radius 3 is 2.02 bits per heavy atom. The van der Waals surface area contributed by atoms with E-state index in [1.165, 1.54) is 50.4 Å². The second-order valence-corrected chi connectivity index (χ2v) is 17.3. The van der Waals surface area contributed by atoms with Crippen molar-refractivity contribution in [3.8, 4) is 11.5 Å². The number of hydrogen-bond donors (Lipinski definition) is 9. The van der Waals surface area contributed by atoms with Crippen LogP contribution < -0.4 is 27.0 Å². The van der Waals surface area contributed by atoms with Crippen LogP contribution in [-0.4, -0.2) is 139 Å². The summed E-state index contributed by atoms with van der Waals surface area (Å²) < 4.78 is 5.81. The number of nitrogens with zero attached hydrogens (tertiary/aromatic N) is 2. The monoisotopic (exact) mass is 909 g/mol. The van der Waals surface area contributed by atoms with Gasteiger partial charge < -0.3 is 62.0 Å². The molecule has 7 amide bonds. The number of aliphatic hydroxyl groups excluding tert-OH is 2. The van der Waals surface area contributed by atoms with E-state index in [1.54, 1.807) is 39.8 Å². The number of nitrogens with one attached hydrogen (secondary N) is 4. The predicted octanol–water partition coefficient (Wildman–Crippen LogP) is -0.377. The molecule has 10 atom stereocenters. The molecule has 2 aliphatic rings. The molecular formula is C45H63N7O13. The van der Waals surface area contributed by atoms with Gasteiger partial charge in [0.1, 0.15) is 66.2 Å². The van der Waals surface area contributed by atoms with Crippen LogP contribution in [0.2, 0.25) is 0 Å². The topological polar surface area (TPSA) is 307 Å². The fourth-order valence-electron chi connectivity index (χ4n) is 7.76. The van der Waals surface area contributed by atoms with Crippen LogP contribution in [0.5, 0.6) is 11.5 Å². The summed E-state index contributed by atoms with van der Waals surface area (Å²) in [6.45, 7) is 8.26. The average Bonchev–Trinajstić information content (AvgIpc) is 3.25. The zero-order valence-corrected chi connectivity index (χ0v) is 37.6. The highest BCUT2D eigenvalue weighted by Gasteiger charge is 2.46. The van der Waals surface area contributed by atoms with E-state index in [0.717, 1.165) is 9.80 Å². The van der Waals surface area contributed by atoms with E-state index in [4.69, 9.17) is 10.5 Å². The fourth-order valence-corrected chi connectivity index (χ4v) is 7.76. The molecule has 2 heterocycles. The highest BCUT2D eigenvalue weighted by atomic mass is 16.5. The number of fused-ring (bicyclic) bond motifs is 2. The molecule has 2 fully saturated rings. The summed E-state index contributed by atoms with van der Waals surface area (Å²) in [4.78, 5) is 114. The van der Waals surface area contributed by atoms with E-state index in [-0.39, 0.29) is 55.9 Å². The summed E-state index contributed by atoms with van der Waals surface area (Å²) in [5, 5.41) is 52.1. The third kappa shape index (κ3) is 13.9. The van der Waals surface area contributed by atoms with Gasteiger partial charge in [0.15, 0.2) is 0 Å². The molecule has 0 aromatic heterocycles. The van der Waals surface area contributed by atoms with Crippen LogP contribution in [0.4, 0.5) is 0 Å². The van der Waals surface area contributed by atoms with Gasteiger partial charge >= 0.3 is 5.97 Å². The first-order valence-corrected chi connectivity index (χ1v) is 21.8. The first kappa shape index (κ1) is 51.4. The van der Waals surface area contributed by atoms with Crippen LogP contribution in [0.25, 0.3) is 0 Å². The average molecular weight is 910 g/mol. The van der Waals surface area contributed by atoms with Crippen LogP contribution in [-0.2, 0) is 55.9 Å². The second kappa shape index (κ2) is 23.1. The standard InChI is InChI=1S/C45H63N7O13/c1-7-24(4)37-45(64)65-25(5)38(50-41(60)34(55)22-27-10-14-29(54)15-11-27)42(61)47-30(16-18-35(46)56)39(58)48-31-17-19-36(57)52(43(31)62)33(20-23(2)3)44(63)51(6)32(40(59)49-37)21-26-8-12-28(53)13-9-26/h8-15,23-25,30-34,36-38,53-55,57H,7,16-22H2,1-6H3,(H2,46,56)(H,47,61)(H,48,58)(H,49,59)(H,50,60)/t24?,25?,30?,31-,32-,33?,34-,36+,37?,38?/m0/s1. The third-order valence-corrected chi connectivity index (χ3v) is 11.8. The highest BCUT2D eigenvalue weighted by molar-refractivity contribution is 5.98. The summed E-state index contributed by atoms with van der Waals surface area (Å²) in [5.74, 6) is -8.36. The Morgan fingerprint density at radius 1 is 0.846 bits per heavy atom. The first-order valence-electron chi connectivity index (χ1n) is 21.8. The second-order valence-electron chi connectivity index (χ2n) is 17.3.